The number of ketones is 1. The molecule has 1 aromatic heterocycles. The number of hydrogen-bond acceptors (Lipinski definition) is 6. The molecule has 0 spiro atoms. The van der Waals surface area contributed by atoms with Crippen molar-refractivity contribution in [2.24, 2.45) is 0 Å². The van der Waals surface area contributed by atoms with E-state index in [2.05, 4.69) is 16.7 Å². The molecule has 1 atom stereocenters. The first-order chi connectivity index (χ1) is 25.6. The van der Waals surface area contributed by atoms with Crippen LogP contribution in [0.5, 0.6) is 0 Å². The topological polar surface area (TPSA) is 111 Å². The minimum atomic E-state index is -3.85. The molecular formula is C44H27NO6S2. The van der Waals surface area contributed by atoms with E-state index < -0.39 is 25.8 Å². The van der Waals surface area contributed by atoms with Crippen molar-refractivity contribution in [1.29, 1.82) is 0 Å². The minimum absolute atomic E-state index is 0.00783. The van der Waals surface area contributed by atoms with Gasteiger partial charge in [-0.25, -0.2) is 16.8 Å². The molecule has 7 aromatic carbocycles. The van der Waals surface area contributed by atoms with Gasteiger partial charge in [0.05, 0.1) is 30.6 Å². The van der Waals surface area contributed by atoms with E-state index >= 15 is 0 Å². The molecule has 256 valence electrons. The highest BCUT2D eigenvalue weighted by molar-refractivity contribution is 7.92. The van der Waals surface area contributed by atoms with E-state index in [4.69, 9.17) is 0 Å². The first-order valence-electron chi connectivity index (χ1n) is 17.0. The smallest absolute Gasteiger partial charge is 0.208 e. The lowest BCUT2D eigenvalue weighted by molar-refractivity contribution is 0.103. The number of carbonyl (C=O) groups excluding carboxylic acids is 1. The lowest BCUT2D eigenvalue weighted by Crippen LogP contribution is -2.20. The zero-order valence-corrected chi connectivity index (χ0v) is 29.4. The van der Waals surface area contributed by atoms with Gasteiger partial charge in [-0.2, -0.15) is 0 Å². The van der Waals surface area contributed by atoms with Crippen molar-refractivity contribution in [3.05, 3.63) is 174 Å². The Morgan fingerprint density at radius 1 is 0.453 bits per heavy atom. The van der Waals surface area contributed by atoms with Crippen LogP contribution in [0.3, 0.4) is 0 Å². The van der Waals surface area contributed by atoms with Crippen molar-refractivity contribution in [2.45, 2.75) is 25.7 Å². The Morgan fingerprint density at radius 2 is 0.943 bits per heavy atom. The van der Waals surface area contributed by atoms with Gasteiger partial charge >= 0.3 is 0 Å². The summed E-state index contributed by atoms with van der Waals surface area (Å²) in [6.45, 7) is 0. The van der Waals surface area contributed by atoms with E-state index in [1.165, 1.54) is 18.2 Å². The van der Waals surface area contributed by atoms with Gasteiger partial charge in [0, 0.05) is 38.7 Å². The molecule has 10 rings (SSSR count). The molecule has 0 radical (unpaired) electrons. The molecule has 0 bridgehead atoms. The Hall–Kier alpha value is -6.13. The SMILES string of the molecule is O=C1c2ccccc2S(=O)(=O)c2ccc(-c3ccc4c5ccc(-c6ccc7c(c6)C(O)c6ccccc6S7(=O)=O)cc5n(-c5ccccc5)c4c3)cc21. The lowest BCUT2D eigenvalue weighted by Gasteiger charge is -2.25. The fourth-order valence-corrected chi connectivity index (χ4v) is 11.3. The van der Waals surface area contributed by atoms with Gasteiger partial charge in [-0.3, -0.25) is 4.79 Å². The summed E-state index contributed by atoms with van der Waals surface area (Å²) >= 11 is 0. The van der Waals surface area contributed by atoms with Crippen molar-refractivity contribution in [1.82, 2.24) is 4.57 Å². The normalized spacial score (nSPS) is 16.5. The quantitative estimate of drug-likeness (QED) is 0.195. The molecule has 1 unspecified atom stereocenters. The van der Waals surface area contributed by atoms with Gasteiger partial charge in [-0.05, 0) is 89.0 Å². The van der Waals surface area contributed by atoms with E-state index in [0.29, 0.717) is 16.7 Å². The molecule has 2 aliphatic rings. The summed E-state index contributed by atoms with van der Waals surface area (Å²) in [5, 5.41) is 13.3. The number of fused-ring (bicyclic) bond motifs is 7. The van der Waals surface area contributed by atoms with Crippen LogP contribution in [0.15, 0.2) is 171 Å². The molecule has 0 saturated carbocycles. The molecule has 1 N–H and O–H groups in total. The van der Waals surface area contributed by atoms with E-state index in [9.17, 15) is 26.7 Å². The van der Waals surface area contributed by atoms with Gasteiger partial charge in [-0.1, -0.05) is 84.9 Å². The molecule has 0 amide bonds. The van der Waals surface area contributed by atoms with E-state index in [0.717, 1.165) is 44.2 Å². The third kappa shape index (κ3) is 4.51. The number of carbonyl (C=O) groups is 1. The molecule has 53 heavy (non-hydrogen) atoms. The van der Waals surface area contributed by atoms with Crippen LogP contribution in [-0.4, -0.2) is 32.3 Å². The standard InChI is InChI=1S/C44H27NO6S2/c46-43-33-10-4-6-12-39(33)52(48,49)41-20-16-26(22-35(41)43)28-14-18-31-32-19-15-29(25-38(32)45(37(31)24-28)30-8-2-1-3-9-30)27-17-21-42-36(23-27)44(47)34-11-5-7-13-40(34)53(42,50)51/h1-25,43,46H. The second-order valence-corrected chi connectivity index (χ2v) is 17.1. The van der Waals surface area contributed by atoms with Crippen molar-refractivity contribution >= 4 is 47.3 Å². The Bertz CT molecular complexity index is 3130. The number of para-hydroxylation sites is 1. The summed E-state index contributed by atoms with van der Waals surface area (Å²) < 4.78 is 56.1. The monoisotopic (exact) mass is 729 g/mol. The molecule has 9 heteroatoms. The second-order valence-electron chi connectivity index (χ2n) is 13.4. The molecule has 0 aliphatic carbocycles. The number of aliphatic hydroxyl groups excluding tert-OH is 1. The van der Waals surface area contributed by atoms with Crippen LogP contribution in [0.1, 0.15) is 33.2 Å². The maximum Gasteiger partial charge on any atom is 0.208 e. The number of aliphatic hydroxyl groups is 1. The van der Waals surface area contributed by atoms with Gasteiger partial charge in [-0.15, -0.1) is 0 Å². The largest absolute Gasteiger partial charge is 0.384 e. The van der Waals surface area contributed by atoms with Gasteiger partial charge in [0.25, 0.3) is 0 Å². The van der Waals surface area contributed by atoms with E-state index in [1.54, 1.807) is 66.7 Å². The van der Waals surface area contributed by atoms with Crippen LogP contribution < -0.4 is 0 Å². The van der Waals surface area contributed by atoms with Crippen LogP contribution in [0.4, 0.5) is 0 Å². The molecular weight excluding hydrogens is 703 g/mol. The van der Waals surface area contributed by atoms with Crippen LogP contribution in [0.25, 0.3) is 49.7 Å². The fourth-order valence-electron chi connectivity index (χ4n) is 7.93. The van der Waals surface area contributed by atoms with Crippen molar-refractivity contribution in [3.63, 3.8) is 0 Å². The van der Waals surface area contributed by atoms with Gasteiger partial charge in [0.2, 0.25) is 19.7 Å². The predicted molar refractivity (Wildman–Crippen MR) is 203 cm³/mol. The lowest BCUT2D eigenvalue weighted by atomic mass is 9.95. The van der Waals surface area contributed by atoms with Crippen LogP contribution >= 0.6 is 0 Å². The molecule has 3 heterocycles. The highest BCUT2D eigenvalue weighted by atomic mass is 32.2. The fraction of sp³-hybridized carbons (Fsp3) is 0.0227. The van der Waals surface area contributed by atoms with Crippen LogP contribution in [0.2, 0.25) is 0 Å². The Labute approximate surface area is 304 Å². The molecule has 2 aliphatic heterocycles. The average Bonchev–Trinajstić information content (AvgIpc) is 3.52. The molecule has 0 saturated heterocycles. The van der Waals surface area contributed by atoms with Crippen molar-refractivity contribution < 1.29 is 26.7 Å². The summed E-state index contributed by atoms with van der Waals surface area (Å²) in [7, 11) is -7.65. The maximum atomic E-state index is 13.6. The Balaban J connectivity index is 1.13. The summed E-state index contributed by atoms with van der Waals surface area (Å²) in [5.74, 6) is -0.323. The molecule has 8 aromatic rings. The van der Waals surface area contributed by atoms with Gasteiger partial charge in [0.1, 0.15) is 6.10 Å². The zero-order chi connectivity index (χ0) is 36.2. The maximum absolute atomic E-state index is 13.6. The minimum Gasteiger partial charge on any atom is -0.384 e. The molecule has 7 nitrogen and oxygen atoms in total. The predicted octanol–water partition coefficient (Wildman–Crippen LogP) is 8.72. The number of sulfone groups is 2. The van der Waals surface area contributed by atoms with E-state index in [-0.39, 0.29) is 36.5 Å². The van der Waals surface area contributed by atoms with Gasteiger partial charge < -0.3 is 9.67 Å². The molecule has 0 fully saturated rings. The van der Waals surface area contributed by atoms with Crippen molar-refractivity contribution in [2.75, 3.05) is 0 Å². The third-order valence-corrected chi connectivity index (χ3v) is 14.3. The Morgan fingerprint density at radius 3 is 1.64 bits per heavy atom. The highest BCUT2D eigenvalue weighted by Gasteiger charge is 2.36. The van der Waals surface area contributed by atoms with E-state index in [1.807, 2.05) is 54.6 Å². The third-order valence-electron chi connectivity index (χ3n) is 10.5. The first-order valence-corrected chi connectivity index (χ1v) is 19.9. The summed E-state index contributed by atoms with van der Waals surface area (Å²) in [6, 6.07) is 45.1. The van der Waals surface area contributed by atoms with Crippen molar-refractivity contribution in [3.8, 4) is 27.9 Å². The number of benzene rings is 7. The number of rotatable bonds is 3. The summed E-state index contributed by atoms with van der Waals surface area (Å²) in [5.41, 5.74) is 6.92. The van der Waals surface area contributed by atoms with Gasteiger partial charge in [0.15, 0.2) is 5.78 Å². The highest BCUT2D eigenvalue weighted by Crippen LogP contribution is 2.43. The van der Waals surface area contributed by atoms with Crippen LogP contribution in [-0.2, 0) is 19.7 Å². The first kappa shape index (κ1) is 31.6. The second kappa shape index (κ2) is 11.2. The number of hydrogen-bond donors (Lipinski definition) is 1. The van der Waals surface area contributed by atoms with Crippen LogP contribution in [0, 0.1) is 0 Å². The Kier molecular flexibility index (Phi) is 6.67. The average molecular weight is 730 g/mol. The summed E-state index contributed by atoms with van der Waals surface area (Å²) in [4.78, 5) is 13.8. The number of nitrogens with zero attached hydrogens (tertiary/aromatic N) is 1. The summed E-state index contributed by atoms with van der Waals surface area (Å²) in [6.07, 6.45) is -1.09. The number of aromatic nitrogens is 1. The zero-order valence-electron chi connectivity index (χ0n) is 27.8.